The van der Waals surface area contributed by atoms with E-state index in [4.69, 9.17) is 14.2 Å². The first-order chi connectivity index (χ1) is 16.2. The molecule has 192 valence electrons. The van der Waals surface area contributed by atoms with Crippen molar-refractivity contribution in [3.8, 4) is 0 Å². The van der Waals surface area contributed by atoms with Crippen LogP contribution in [0.4, 0.5) is 20.2 Å². The fourth-order valence-electron chi connectivity index (χ4n) is 4.00. The number of carboxylic acid groups (broad SMARTS) is 1. The van der Waals surface area contributed by atoms with Crippen LogP contribution in [0.2, 0.25) is 0 Å². The van der Waals surface area contributed by atoms with Gasteiger partial charge in [-0.3, -0.25) is 0 Å². The highest BCUT2D eigenvalue weighted by Gasteiger charge is 2.39. The quantitative estimate of drug-likeness (QED) is 0.675. The standard InChI is InChI=1S/C23H33N5O7/c1-22(2,3)34-20(31)27(21(32)35-23(4,5)6)18-17-9-8-16(28(17)25-13-24-18)14-10-15(12-33-7)26(11-14)19(29)30/h8-9,13-15H,10-12H2,1-7H3,(H,29,30)/t14?,15-/m1/s1. The van der Waals surface area contributed by atoms with Gasteiger partial charge in [0, 0.05) is 25.3 Å². The van der Waals surface area contributed by atoms with E-state index < -0.39 is 29.5 Å². The maximum absolute atomic E-state index is 13.1. The number of anilines is 1. The Morgan fingerprint density at radius 2 is 1.69 bits per heavy atom. The molecule has 0 radical (unpaired) electrons. The van der Waals surface area contributed by atoms with Crippen LogP contribution in [0.5, 0.6) is 0 Å². The Balaban J connectivity index is 2.03. The van der Waals surface area contributed by atoms with Crippen molar-refractivity contribution in [2.45, 2.75) is 71.1 Å². The van der Waals surface area contributed by atoms with E-state index in [9.17, 15) is 19.5 Å². The van der Waals surface area contributed by atoms with Crippen LogP contribution in [-0.2, 0) is 14.2 Å². The minimum absolute atomic E-state index is 0.00345. The zero-order valence-corrected chi connectivity index (χ0v) is 21.1. The Bertz CT molecular complexity index is 1070. The van der Waals surface area contributed by atoms with Crippen LogP contribution >= 0.6 is 0 Å². The van der Waals surface area contributed by atoms with E-state index in [1.165, 1.54) is 18.3 Å². The number of hydrogen-bond acceptors (Lipinski definition) is 8. The van der Waals surface area contributed by atoms with E-state index in [2.05, 4.69) is 10.1 Å². The summed E-state index contributed by atoms with van der Waals surface area (Å²) in [5.41, 5.74) is -0.638. The molecule has 3 heterocycles. The van der Waals surface area contributed by atoms with Gasteiger partial charge in [0.1, 0.15) is 23.0 Å². The lowest BCUT2D eigenvalue weighted by atomic mass is 10.0. The van der Waals surface area contributed by atoms with Gasteiger partial charge in [0.05, 0.1) is 12.6 Å². The molecule has 3 amide bonds. The molecule has 2 atom stereocenters. The second kappa shape index (κ2) is 9.68. The van der Waals surface area contributed by atoms with Crippen molar-refractivity contribution in [1.29, 1.82) is 0 Å². The molecule has 1 saturated heterocycles. The number of likely N-dealkylation sites (tertiary alicyclic amines) is 1. The number of hydrogen-bond donors (Lipinski definition) is 1. The summed E-state index contributed by atoms with van der Waals surface area (Å²) < 4.78 is 17.7. The molecule has 1 aliphatic rings. The Labute approximate surface area is 203 Å². The monoisotopic (exact) mass is 491 g/mol. The summed E-state index contributed by atoms with van der Waals surface area (Å²) in [5.74, 6) is -0.177. The van der Waals surface area contributed by atoms with Crippen molar-refractivity contribution in [3.63, 3.8) is 0 Å². The highest BCUT2D eigenvalue weighted by Crippen LogP contribution is 2.34. The number of ether oxygens (including phenoxy) is 3. The van der Waals surface area contributed by atoms with Crippen LogP contribution < -0.4 is 4.90 Å². The molecular formula is C23H33N5O7. The molecule has 1 N–H and O–H groups in total. The second-order valence-electron chi connectivity index (χ2n) is 10.4. The molecule has 3 rings (SSSR count). The summed E-state index contributed by atoms with van der Waals surface area (Å²) in [7, 11) is 1.53. The molecule has 0 saturated carbocycles. The average molecular weight is 492 g/mol. The van der Waals surface area contributed by atoms with E-state index in [0.717, 1.165) is 10.6 Å². The molecule has 12 heteroatoms. The summed E-state index contributed by atoms with van der Waals surface area (Å²) in [4.78, 5) is 44.2. The molecule has 0 spiro atoms. The predicted molar refractivity (Wildman–Crippen MR) is 126 cm³/mol. The van der Waals surface area contributed by atoms with E-state index >= 15 is 0 Å². The molecule has 0 aliphatic carbocycles. The lowest BCUT2D eigenvalue weighted by Gasteiger charge is -2.28. The number of carbonyl (C=O) groups is 3. The first-order valence-electron chi connectivity index (χ1n) is 11.3. The van der Waals surface area contributed by atoms with Crippen molar-refractivity contribution in [1.82, 2.24) is 19.5 Å². The number of imide groups is 1. The Kier molecular flexibility index (Phi) is 7.25. The number of carbonyl (C=O) groups excluding carboxylic acids is 2. The second-order valence-corrected chi connectivity index (χ2v) is 10.4. The maximum Gasteiger partial charge on any atom is 0.425 e. The number of methoxy groups -OCH3 is 1. The van der Waals surface area contributed by atoms with Crippen LogP contribution in [0.25, 0.3) is 5.52 Å². The fourth-order valence-corrected chi connectivity index (χ4v) is 4.00. The van der Waals surface area contributed by atoms with Gasteiger partial charge in [0.15, 0.2) is 5.82 Å². The molecule has 0 aromatic carbocycles. The van der Waals surface area contributed by atoms with Gasteiger partial charge in [-0.1, -0.05) is 0 Å². The summed E-state index contributed by atoms with van der Waals surface area (Å²) in [6, 6.07) is 3.17. The maximum atomic E-state index is 13.1. The van der Waals surface area contributed by atoms with Crippen LogP contribution in [0, 0.1) is 0 Å². The van der Waals surface area contributed by atoms with Gasteiger partial charge < -0.3 is 24.2 Å². The first-order valence-corrected chi connectivity index (χ1v) is 11.3. The van der Waals surface area contributed by atoms with Crippen LogP contribution in [0.15, 0.2) is 18.5 Å². The first kappa shape index (κ1) is 26.2. The predicted octanol–water partition coefficient (Wildman–Crippen LogP) is 3.89. The van der Waals surface area contributed by atoms with Crippen LogP contribution in [0.1, 0.15) is 59.6 Å². The lowest BCUT2D eigenvalue weighted by molar-refractivity contribution is 0.0429. The van der Waals surface area contributed by atoms with Crippen LogP contribution in [-0.4, -0.2) is 80.4 Å². The van der Waals surface area contributed by atoms with E-state index in [-0.39, 0.29) is 30.9 Å². The van der Waals surface area contributed by atoms with Gasteiger partial charge >= 0.3 is 18.3 Å². The summed E-state index contributed by atoms with van der Waals surface area (Å²) >= 11 is 0. The highest BCUT2D eigenvalue weighted by atomic mass is 16.6. The Morgan fingerprint density at radius 3 is 2.20 bits per heavy atom. The molecule has 12 nitrogen and oxygen atoms in total. The topological polar surface area (TPSA) is 136 Å². The number of amides is 3. The zero-order valence-electron chi connectivity index (χ0n) is 21.1. The highest BCUT2D eigenvalue weighted by molar-refractivity contribution is 6.11. The van der Waals surface area contributed by atoms with Gasteiger partial charge in [0.25, 0.3) is 0 Å². The van der Waals surface area contributed by atoms with Crippen molar-refractivity contribution < 1.29 is 33.7 Å². The van der Waals surface area contributed by atoms with Gasteiger partial charge in [-0.15, -0.1) is 0 Å². The van der Waals surface area contributed by atoms with Gasteiger partial charge in [0.2, 0.25) is 0 Å². The Morgan fingerprint density at radius 1 is 1.09 bits per heavy atom. The van der Waals surface area contributed by atoms with Crippen LogP contribution in [0.3, 0.4) is 0 Å². The number of aromatic nitrogens is 3. The smallest absolute Gasteiger partial charge is 0.425 e. The van der Waals surface area contributed by atoms with Gasteiger partial charge in [-0.05, 0) is 60.1 Å². The van der Waals surface area contributed by atoms with Crippen molar-refractivity contribution in [3.05, 3.63) is 24.2 Å². The fraction of sp³-hybridized carbons (Fsp3) is 0.609. The third kappa shape index (κ3) is 5.99. The molecule has 1 fully saturated rings. The minimum atomic E-state index is -1.02. The van der Waals surface area contributed by atoms with Crippen molar-refractivity contribution in [2.75, 3.05) is 25.2 Å². The van der Waals surface area contributed by atoms with E-state index in [1.54, 1.807) is 58.2 Å². The average Bonchev–Trinajstić information content (AvgIpc) is 3.30. The summed E-state index contributed by atoms with van der Waals surface area (Å²) in [5, 5.41) is 13.9. The van der Waals surface area contributed by atoms with Crippen molar-refractivity contribution >= 4 is 29.6 Å². The molecule has 2 aromatic heterocycles. The largest absolute Gasteiger partial charge is 0.465 e. The molecule has 1 unspecified atom stereocenters. The zero-order chi connectivity index (χ0) is 26.1. The number of fused-ring (bicyclic) bond motifs is 1. The third-order valence-corrected chi connectivity index (χ3v) is 5.26. The lowest BCUT2D eigenvalue weighted by Crippen LogP contribution is -2.44. The SMILES string of the molecule is COC[C@H]1CC(c2ccc3c(N(C(=O)OC(C)(C)C)C(=O)OC(C)(C)C)ncnn23)CN1C(=O)O. The van der Waals surface area contributed by atoms with Gasteiger partial charge in [-0.25, -0.2) is 23.9 Å². The molecule has 2 aromatic rings. The normalized spacial score (nSPS) is 18.5. The Hall–Kier alpha value is -3.41. The van der Waals surface area contributed by atoms with Gasteiger partial charge in [-0.2, -0.15) is 10.00 Å². The molecular weight excluding hydrogens is 458 g/mol. The van der Waals surface area contributed by atoms with Crippen molar-refractivity contribution in [2.24, 2.45) is 0 Å². The van der Waals surface area contributed by atoms with E-state index in [0.29, 0.717) is 11.9 Å². The molecule has 0 bridgehead atoms. The summed E-state index contributed by atoms with van der Waals surface area (Å²) in [6.07, 6.45) is -1.13. The molecule has 1 aliphatic heterocycles. The minimum Gasteiger partial charge on any atom is -0.465 e. The number of nitrogens with zero attached hydrogens (tertiary/aromatic N) is 5. The van der Waals surface area contributed by atoms with E-state index in [1.807, 2.05) is 0 Å². The third-order valence-electron chi connectivity index (χ3n) is 5.26. The molecule has 35 heavy (non-hydrogen) atoms. The number of rotatable bonds is 4. The summed E-state index contributed by atoms with van der Waals surface area (Å²) in [6.45, 7) is 10.7.